The zero-order chi connectivity index (χ0) is 16.3. The van der Waals surface area contributed by atoms with Crippen molar-refractivity contribution in [3.8, 4) is 0 Å². The fourth-order valence-corrected chi connectivity index (χ4v) is 3.89. The van der Waals surface area contributed by atoms with E-state index in [9.17, 15) is 13.5 Å². The van der Waals surface area contributed by atoms with Gasteiger partial charge < -0.3 is 9.52 Å². The van der Waals surface area contributed by atoms with Gasteiger partial charge in [-0.25, -0.2) is 13.4 Å². The number of oxazole rings is 1. The van der Waals surface area contributed by atoms with Crippen molar-refractivity contribution in [2.75, 3.05) is 13.2 Å². The molecule has 8 heteroatoms. The predicted molar refractivity (Wildman–Crippen MR) is 84.8 cm³/mol. The topological polar surface area (TPSA) is 83.6 Å². The van der Waals surface area contributed by atoms with Crippen LogP contribution in [0, 0.1) is 6.92 Å². The van der Waals surface area contributed by atoms with E-state index in [1.807, 2.05) is 0 Å². The fraction of sp³-hybridized carbons (Fsp3) is 0.357. The second kappa shape index (κ2) is 6.91. The quantitative estimate of drug-likeness (QED) is 0.821. The number of hydrogen-bond acceptors (Lipinski definition) is 5. The first kappa shape index (κ1) is 17.1. The maximum Gasteiger partial charge on any atom is 0.243 e. The summed E-state index contributed by atoms with van der Waals surface area (Å²) < 4.78 is 33.0. The molecule has 0 saturated heterocycles. The molecule has 6 nitrogen and oxygen atoms in total. The first-order valence-electron chi connectivity index (χ1n) is 6.67. The van der Waals surface area contributed by atoms with Crippen LogP contribution in [0.15, 0.2) is 44.2 Å². The molecule has 1 aromatic heterocycles. The largest absolute Gasteiger partial charge is 0.444 e. The SMILES string of the molecule is Cc1cnc(C(C)N(CCO)S(=O)(=O)c2ccc(Br)cc2)o1. The Labute approximate surface area is 138 Å². The molecule has 0 bridgehead atoms. The first-order valence-corrected chi connectivity index (χ1v) is 8.90. The zero-order valence-corrected chi connectivity index (χ0v) is 14.6. The van der Waals surface area contributed by atoms with Crippen LogP contribution >= 0.6 is 15.9 Å². The van der Waals surface area contributed by atoms with Crippen LogP contribution < -0.4 is 0 Å². The van der Waals surface area contributed by atoms with Crippen LogP contribution in [0.4, 0.5) is 0 Å². The molecule has 120 valence electrons. The van der Waals surface area contributed by atoms with Crippen LogP contribution in [-0.2, 0) is 10.0 Å². The second-order valence-corrected chi connectivity index (χ2v) is 7.58. The maximum atomic E-state index is 12.8. The fourth-order valence-electron chi connectivity index (χ4n) is 2.05. The average molecular weight is 389 g/mol. The summed E-state index contributed by atoms with van der Waals surface area (Å²) in [5.74, 6) is 0.901. The number of aliphatic hydroxyl groups is 1. The standard InChI is InChI=1S/C14H17BrN2O4S/c1-10-9-16-14(21-10)11(2)17(7-8-18)22(19,20)13-5-3-12(15)4-6-13/h3-6,9,11,18H,7-8H2,1-2H3. The molecule has 0 amide bonds. The lowest BCUT2D eigenvalue weighted by atomic mass is 10.3. The molecule has 2 aromatic rings. The van der Waals surface area contributed by atoms with Gasteiger partial charge in [-0.3, -0.25) is 0 Å². The monoisotopic (exact) mass is 388 g/mol. The summed E-state index contributed by atoms with van der Waals surface area (Å²) in [6, 6.07) is 5.72. The van der Waals surface area contributed by atoms with Crippen LogP contribution in [0.3, 0.4) is 0 Å². The van der Waals surface area contributed by atoms with Crippen molar-refractivity contribution < 1.29 is 17.9 Å². The Morgan fingerprint density at radius 2 is 2.00 bits per heavy atom. The van der Waals surface area contributed by atoms with Gasteiger partial charge in [0.15, 0.2) is 0 Å². The number of hydrogen-bond donors (Lipinski definition) is 1. The van der Waals surface area contributed by atoms with Crippen molar-refractivity contribution in [3.63, 3.8) is 0 Å². The number of sulfonamides is 1. The summed E-state index contributed by atoms with van der Waals surface area (Å²) >= 11 is 3.27. The Bertz CT molecular complexity index is 728. The molecule has 1 heterocycles. The Balaban J connectivity index is 2.39. The van der Waals surface area contributed by atoms with E-state index in [4.69, 9.17) is 4.42 Å². The Morgan fingerprint density at radius 3 is 2.50 bits per heavy atom. The van der Waals surface area contributed by atoms with E-state index in [0.29, 0.717) is 11.7 Å². The molecule has 0 spiro atoms. The van der Waals surface area contributed by atoms with Crippen LogP contribution in [0.25, 0.3) is 0 Å². The lowest BCUT2D eigenvalue weighted by molar-refractivity contribution is 0.216. The molecule has 1 aromatic carbocycles. The highest BCUT2D eigenvalue weighted by molar-refractivity contribution is 9.10. The third kappa shape index (κ3) is 3.57. The van der Waals surface area contributed by atoms with E-state index in [2.05, 4.69) is 20.9 Å². The van der Waals surface area contributed by atoms with Gasteiger partial charge in [-0.2, -0.15) is 4.31 Å². The molecule has 2 rings (SSSR count). The van der Waals surface area contributed by atoms with E-state index in [0.717, 1.165) is 4.47 Å². The molecular weight excluding hydrogens is 372 g/mol. The van der Waals surface area contributed by atoms with Crippen LogP contribution in [-0.4, -0.2) is 36.0 Å². The van der Waals surface area contributed by atoms with Crippen molar-refractivity contribution in [1.82, 2.24) is 9.29 Å². The molecule has 0 aliphatic carbocycles. The molecule has 1 atom stereocenters. The summed E-state index contributed by atoms with van der Waals surface area (Å²) in [5.41, 5.74) is 0. The Hall–Kier alpha value is -1.22. The Morgan fingerprint density at radius 1 is 1.36 bits per heavy atom. The maximum absolute atomic E-state index is 12.8. The molecule has 0 saturated carbocycles. The minimum atomic E-state index is -3.77. The number of rotatable bonds is 6. The van der Waals surface area contributed by atoms with Gasteiger partial charge in [0.25, 0.3) is 0 Å². The van der Waals surface area contributed by atoms with E-state index >= 15 is 0 Å². The lowest BCUT2D eigenvalue weighted by Crippen LogP contribution is -2.36. The van der Waals surface area contributed by atoms with Crippen LogP contribution in [0.2, 0.25) is 0 Å². The second-order valence-electron chi connectivity index (χ2n) is 4.78. The number of benzene rings is 1. The zero-order valence-electron chi connectivity index (χ0n) is 12.2. The molecule has 0 aliphatic rings. The summed E-state index contributed by atoms with van der Waals surface area (Å²) in [6.07, 6.45) is 1.54. The first-order chi connectivity index (χ1) is 10.4. The molecule has 0 fully saturated rings. The lowest BCUT2D eigenvalue weighted by Gasteiger charge is -2.25. The summed E-state index contributed by atoms with van der Waals surface area (Å²) in [4.78, 5) is 4.23. The van der Waals surface area contributed by atoms with Crippen molar-refractivity contribution in [1.29, 1.82) is 0 Å². The molecule has 1 unspecified atom stereocenters. The number of aliphatic hydroxyl groups excluding tert-OH is 1. The van der Waals surface area contributed by atoms with Gasteiger partial charge in [-0.1, -0.05) is 15.9 Å². The summed E-state index contributed by atoms with van der Waals surface area (Å²) in [6.45, 7) is 3.08. The van der Waals surface area contributed by atoms with Crippen LogP contribution in [0.5, 0.6) is 0 Å². The third-order valence-electron chi connectivity index (χ3n) is 3.17. The van der Waals surface area contributed by atoms with Crippen molar-refractivity contribution >= 4 is 26.0 Å². The average Bonchev–Trinajstić information content (AvgIpc) is 2.91. The number of halogens is 1. The highest BCUT2D eigenvalue weighted by Gasteiger charge is 2.31. The van der Waals surface area contributed by atoms with E-state index in [-0.39, 0.29) is 18.0 Å². The molecule has 0 aliphatic heterocycles. The summed E-state index contributed by atoms with van der Waals surface area (Å²) in [5, 5.41) is 9.23. The van der Waals surface area contributed by atoms with Gasteiger partial charge in [0.05, 0.1) is 23.7 Å². The van der Waals surface area contributed by atoms with Gasteiger partial charge in [0.2, 0.25) is 15.9 Å². The molecule has 22 heavy (non-hydrogen) atoms. The van der Waals surface area contributed by atoms with Gasteiger partial charge in [-0.15, -0.1) is 0 Å². The van der Waals surface area contributed by atoms with Gasteiger partial charge in [-0.05, 0) is 38.1 Å². The van der Waals surface area contributed by atoms with Crippen molar-refractivity contribution in [2.24, 2.45) is 0 Å². The van der Waals surface area contributed by atoms with Crippen molar-refractivity contribution in [2.45, 2.75) is 24.8 Å². The van der Waals surface area contributed by atoms with E-state index in [1.54, 1.807) is 26.0 Å². The minimum Gasteiger partial charge on any atom is -0.444 e. The molecule has 1 N–H and O–H groups in total. The summed E-state index contributed by atoms with van der Waals surface area (Å²) in [7, 11) is -3.77. The van der Waals surface area contributed by atoms with E-state index < -0.39 is 16.1 Å². The molecule has 0 radical (unpaired) electrons. The number of aryl methyl sites for hydroxylation is 1. The van der Waals surface area contributed by atoms with Crippen LogP contribution in [0.1, 0.15) is 24.6 Å². The highest BCUT2D eigenvalue weighted by atomic mass is 79.9. The van der Waals surface area contributed by atoms with E-state index in [1.165, 1.54) is 22.6 Å². The van der Waals surface area contributed by atoms with Gasteiger partial charge in [0, 0.05) is 11.0 Å². The minimum absolute atomic E-state index is 0.0407. The van der Waals surface area contributed by atoms with Crippen molar-refractivity contribution in [3.05, 3.63) is 46.6 Å². The normalized spacial score (nSPS) is 13.5. The smallest absolute Gasteiger partial charge is 0.243 e. The van der Waals surface area contributed by atoms with Gasteiger partial charge >= 0.3 is 0 Å². The Kier molecular flexibility index (Phi) is 5.38. The predicted octanol–water partition coefficient (Wildman–Crippen LogP) is 2.49. The van der Waals surface area contributed by atoms with Gasteiger partial charge in [0.1, 0.15) is 5.76 Å². The highest BCUT2D eigenvalue weighted by Crippen LogP contribution is 2.27. The molecular formula is C14H17BrN2O4S. The third-order valence-corrected chi connectivity index (χ3v) is 5.68. The number of aromatic nitrogens is 1. The number of nitrogens with zero attached hydrogens (tertiary/aromatic N) is 2.